The summed E-state index contributed by atoms with van der Waals surface area (Å²) in [6.45, 7) is 13.9. The van der Waals surface area contributed by atoms with Gasteiger partial charge in [-0.1, -0.05) is 116 Å². The summed E-state index contributed by atoms with van der Waals surface area (Å²) in [6.07, 6.45) is 0.202. The third kappa shape index (κ3) is 13.5. The van der Waals surface area contributed by atoms with E-state index in [0.717, 1.165) is 11.1 Å². The van der Waals surface area contributed by atoms with Gasteiger partial charge >= 0.3 is 5.97 Å². The maximum absolute atomic E-state index is 13.7. The van der Waals surface area contributed by atoms with Crippen molar-refractivity contribution in [3.05, 3.63) is 71.8 Å². The Morgan fingerprint density at radius 2 is 0.824 bits per heavy atom. The highest BCUT2D eigenvalue weighted by Gasteiger charge is 2.35. The number of hydrogen-bond acceptors (Lipinski definition) is 7. The zero-order valence-electron chi connectivity index (χ0n) is 30.9. The van der Waals surface area contributed by atoms with Crippen molar-refractivity contribution in [3.63, 3.8) is 0 Å². The van der Waals surface area contributed by atoms with Gasteiger partial charge in [0.15, 0.2) is 0 Å². The van der Waals surface area contributed by atoms with E-state index >= 15 is 0 Å². The number of carbonyl (C=O) groups excluding carboxylic acids is 5. The molecule has 0 aromatic heterocycles. The van der Waals surface area contributed by atoms with Gasteiger partial charge in [0, 0.05) is 12.8 Å². The minimum Gasteiger partial charge on any atom is -0.480 e. The van der Waals surface area contributed by atoms with Gasteiger partial charge in [0.1, 0.15) is 30.2 Å². The minimum absolute atomic E-state index is 0.0497. The Morgan fingerprint density at radius 1 is 0.490 bits per heavy atom. The molecule has 51 heavy (non-hydrogen) atoms. The van der Waals surface area contributed by atoms with E-state index in [-0.39, 0.29) is 18.8 Å². The second-order valence-corrected chi connectivity index (χ2v) is 14.3. The van der Waals surface area contributed by atoms with Crippen LogP contribution in [0.15, 0.2) is 60.7 Å². The van der Waals surface area contributed by atoms with Gasteiger partial charge in [0.2, 0.25) is 29.5 Å². The lowest BCUT2D eigenvalue weighted by atomic mass is 9.97. The number of benzene rings is 2. The van der Waals surface area contributed by atoms with Crippen molar-refractivity contribution in [1.82, 2.24) is 26.6 Å². The molecule has 8 N–H and O–H groups in total. The fraction of sp³-hybridized carbons (Fsp3) is 0.526. The molecule has 6 atom stereocenters. The first-order valence-corrected chi connectivity index (χ1v) is 17.5. The lowest BCUT2D eigenvalue weighted by Gasteiger charge is -2.30. The van der Waals surface area contributed by atoms with Gasteiger partial charge in [-0.25, -0.2) is 4.79 Å². The summed E-state index contributed by atoms with van der Waals surface area (Å²) in [5.41, 5.74) is 7.56. The highest BCUT2D eigenvalue weighted by Crippen LogP contribution is 2.12. The van der Waals surface area contributed by atoms with Crippen LogP contribution >= 0.6 is 0 Å². The second kappa shape index (κ2) is 20.2. The first-order chi connectivity index (χ1) is 23.9. The maximum Gasteiger partial charge on any atom is 0.326 e. The normalized spacial score (nSPS) is 14.9. The average Bonchev–Trinajstić information content (AvgIpc) is 3.07. The van der Waals surface area contributed by atoms with Gasteiger partial charge in [0.25, 0.3) is 0 Å². The van der Waals surface area contributed by atoms with Crippen LogP contribution in [0.2, 0.25) is 0 Å². The Labute approximate surface area is 301 Å². The predicted molar refractivity (Wildman–Crippen MR) is 195 cm³/mol. The second-order valence-electron chi connectivity index (χ2n) is 14.3. The summed E-state index contributed by atoms with van der Waals surface area (Å²) in [5, 5.41) is 23.3. The summed E-state index contributed by atoms with van der Waals surface area (Å²) < 4.78 is 0. The number of hydrogen-bond donors (Lipinski definition) is 7. The van der Waals surface area contributed by atoms with Crippen molar-refractivity contribution in [1.29, 1.82) is 0 Å². The number of nitrogens with one attached hydrogen (secondary N) is 5. The van der Waals surface area contributed by atoms with Crippen molar-refractivity contribution < 1.29 is 33.9 Å². The minimum atomic E-state index is -1.23. The number of carboxylic acids is 1. The molecule has 0 heterocycles. The van der Waals surface area contributed by atoms with Crippen LogP contribution in [0.25, 0.3) is 0 Å². The molecule has 280 valence electrons. The molecule has 0 radical (unpaired) electrons. The van der Waals surface area contributed by atoms with E-state index in [9.17, 15) is 33.9 Å². The Balaban J connectivity index is 2.22. The van der Waals surface area contributed by atoms with Crippen molar-refractivity contribution in [2.75, 3.05) is 0 Å². The van der Waals surface area contributed by atoms with Gasteiger partial charge in [0.05, 0.1) is 6.04 Å². The lowest BCUT2D eigenvalue weighted by molar-refractivity contribution is -0.142. The summed E-state index contributed by atoms with van der Waals surface area (Å²) in [7, 11) is 0. The third-order valence-corrected chi connectivity index (χ3v) is 8.57. The van der Waals surface area contributed by atoms with E-state index in [0.29, 0.717) is 0 Å². The molecular formula is C38H56N6O7. The number of carbonyl (C=O) groups is 6. The summed E-state index contributed by atoms with van der Waals surface area (Å²) in [4.78, 5) is 79.3. The van der Waals surface area contributed by atoms with Crippen LogP contribution < -0.4 is 32.3 Å². The molecule has 0 fully saturated rings. The van der Waals surface area contributed by atoms with Crippen molar-refractivity contribution >= 4 is 35.5 Å². The third-order valence-electron chi connectivity index (χ3n) is 8.57. The van der Waals surface area contributed by atoms with E-state index < -0.39 is 89.5 Å². The zero-order chi connectivity index (χ0) is 38.4. The van der Waals surface area contributed by atoms with Crippen LogP contribution in [0.1, 0.15) is 66.5 Å². The number of nitrogens with two attached hydrogens (primary N) is 1. The quantitative estimate of drug-likeness (QED) is 0.114. The molecule has 0 aliphatic rings. The Kier molecular flexibility index (Phi) is 16.8. The van der Waals surface area contributed by atoms with Gasteiger partial charge in [-0.3, -0.25) is 24.0 Å². The fourth-order valence-corrected chi connectivity index (χ4v) is 5.29. The Bertz CT molecular complexity index is 1470. The standard InChI is InChI=1S/C38H56N6O7/c1-21(2)29(39)34(46)40-27(19-25-15-11-9-12-16-25)33(45)42-31(23(5)6)36(48)44-32(24(7)8)37(49)43-30(22(3)4)35(47)41-28(38(50)51)20-26-17-13-10-14-18-26/h9-18,21-24,27-32H,19-20,39H2,1-8H3,(H,40,46)(H,41,47)(H,42,45)(H,43,49)(H,44,48)(H,50,51)/t27-,28-,29+,30+,31+,32+/m0/s1. The number of rotatable bonds is 19. The molecule has 0 aliphatic carbocycles. The monoisotopic (exact) mass is 708 g/mol. The molecule has 0 bridgehead atoms. The van der Waals surface area contributed by atoms with Crippen LogP contribution in [0.3, 0.4) is 0 Å². The predicted octanol–water partition coefficient (Wildman–Crippen LogP) is 1.93. The zero-order valence-corrected chi connectivity index (χ0v) is 30.9. The first kappa shape index (κ1) is 42.4. The van der Waals surface area contributed by atoms with E-state index in [1.807, 2.05) is 30.3 Å². The summed E-state index contributed by atoms with van der Waals surface area (Å²) >= 11 is 0. The van der Waals surface area contributed by atoms with Crippen LogP contribution in [0.4, 0.5) is 0 Å². The summed E-state index contributed by atoms with van der Waals surface area (Å²) in [6, 6.07) is 11.6. The van der Waals surface area contributed by atoms with Gasteiger partial charge in [-0.05, 0) is 34.8 Å². The molecule has 0 spiro atoms. The molecule has 2 rings (SSSR count). The van der Waals surface area contributed by atoms with Crippen molar-refractivity contribution in [2.24, 2.45) is 29.4 Å². The molecule has 13 heteroatoms. The van der Waals surface area contributed by atoms with Crippen LogP contribution in [-0.2, 0) is 41.6 Å². The van der Waals surface area contributed by atoms with Crippen LogP contribution in [-0.4, -0.2) is 76.9 Å². The van der Waals surface area contributed by atoms with Crippen molar-refractivity contribution in [3.8, 4) is 0 Å². The largest absolute Gasteiger partial charge is 0.480 e. The molecule has 5 amide bonds. The Hall–Kier alpha value is -4.78. The topological polar surface area (TPSA) is 209 Å². The molecule has 2 aromatic carbocycles. The summed E-state index contributed by atoms with van der Waals surface area (Å²) in [5.74, 6) is -5.70. The van der Waals surface area contributed by atoms with E-state index in [1.165, 1.54) is 0 Å². The molecule has 0 unspecified atom stereocenters. The average molecular weight is 709 g/mol. The number of amides is 5. The van der Waals surface area contributed by atoms with Gasteiger partial charge in [-0.2, -0.15) is 0 Å². The van der Waals surface area contributed by atoms with Crippen LogP contribution in [0, 0.1) is 23.7 Å². The molecule has 2 aromatic rings. The maximum atomic E-state index is 13.7. The van der Waals surface area contributed by atoms with E-state index in [2.05, 4.69) is 26.6 Å². The SMILES string of the molecule is CC(C)[C@@H](N)C(=O)N[C@@H](Cc1ccccc1)C(=O)N[C@@H](C(=O)N[C@@H](C(=O)N[C@@H](C(=O)N[C@@H](Cc1ccccc1)C(=O)O)C(C)C)C(C)C)C(C)C. The van der Waals surface area contributed by atoms with Gasteiger partial charge in [-0.15, -0.1) is 0 Å². The highest BCUT2D eigenvalue weighted by molar-refractivity contribution is 5.96. The molecule has 13 nitrogen and oxygen atoms in total. The highest BCUT2D eigenvalue weighted by atomic mass is 16.4. The lowest BCUT2D eigenvalue weighted by Crippen LogP contribution is -2.62. The molecule has 0 aliphatic heterocycles. The number of aliphatic carboxylic acids is 1. The van der Waals surface area contributed by atoms with Gasteiger partial charge < -0.3 is 37.4 Å². The number of carboxylic acid groups (broad SMARTS) is 1. The van der Waals surface area contributed by atoms with E-state index in [1.54, 1.807) is 85.7 Å². The molecule has 0 saturated carbocycles. The van der Waals surface area contributed by atoms with E-state index in [4.69, 9.17) is 5.73 Å². The molecule has 0 saturated heterocycles. The Morgan fingerprint density at radius 3 is 1.18 bits per heavy atom. The fourth-order valence-electron chi connectivity index (χ4n) is 5.29. The smallest absolute Gasteiger partial charge is 0.326 e. The van der Waals surface area contributed by atoms with Crippen molar-refractivity contribution in [2.45, 2.75) is 104 Å². The first-order valence-electron chi connectivity index (χ1n) is 17.5. The van der Waals surface area contributed by atoms with Crippen LogP contribution in [0.5, 0.6) is 0 Å². The molecular weight excluding hydrogens is 652 g/mol.